The predicted molar refractivity (Wildman–Crippen MR) is 72.3 cm³/mol. The number of hydrogen-bond acceptors (Lipinski definition) is 5. The Morgan fingerprint density at radius 2 is 2.20 bits per heavy atom. The van der Waals surface area contributed by atoms with Gasteiger partial charge in [-0.2, -0.15) is 0 Å². The Hall–Kier alpha value is -1.77. The zero-order valence-electron chi connectivity index (χ0n) is 11.0. The maximum atomic E-state index is 12.1. The standard InChI is InChI=1S/C12H16N4O3S/c1-16-9-13-15-12(16)5-6-14-20(18,19)11-4-2-3-10(7-11)8-17/h2-4,7,9,14,17H,5-6,8H2,1H3. The summed E-state index contributed by atoms with van der Waals surface area (Å²) in [4.78, 5) is 0.141. The lowest BCUT2D eigenvalue weighted by molar-refractivity contribution is 0.281. The fourth-order valence-corrected chi connectivity index (χ4v) is 2.83. The van der Waals surface area contributed by atoms with Crippen molar-refractivity contribution in [2.75, 3.05) is 6.54 Å². The van der Waals surface area contributed by atoms with E-state index in [9.17, 15) is 8.42 Å². The third kappa shape index (κ3) is 3.41. The van der Waals surface area contributed by atoms with Crippen LogP contribution >= 0.6 is 0 Å². The van der Waals surface area contributed by atoms with Gasteiger partial charge in [0.2, 0.25) is 10.0 Å². The van der Waals surface area contributed by atoms with Crippen molar-refractivity contribution in [1.29, 1.82) is 0 Å². The van der Waals surface area contributed by atoms with Gasteiger partial charge in [0, 0.05) is 20.0 Å². The summed E-state index contributed by atoms with van der Waals surface area (Å²) in [5, 5.41) is 16.6. The minimum Gasteiger partial charge on any atom is -0.392 e. The van der Waals surface area contributed by atoms with Gasteiger partial charge >= 0.3 is 0 Å². The van der Waals surface area contributed by atoms with Gasteiger partial charge in [0.15, 0.2) is 0 Å². The SMILES string of the molecule is Cn1cnnc1CCNS(=O)(=O)c1cccc(CO)c1. The number of aryl methyl sites for hydroxylation is 1. The number of hydrogen-bond donors (Lipinski definition) is 2. The molecule has 1 aromatic heterocycles. The van der Waals surface area contributed by atoms with Crippen LogP contribution in [-0.2, 0) is 30.1 Å². The van der Waals surface area contributed by atoms with Crippen LogP contribution in [0.1, 0.15) is 11.4 Å². The predicted octanol–water partition coefficient (Wildman–Crippen LogP) is -0.172. The van der Waals surface area contributed by atoms with E-state index in [4.69, 9.17) is 5.11 Å². The van der Waals surface area contributed by atoms with Gasteiger partial charge in [-0.05, 0) is 17.7 Å². The average molecular weight is 296 g/mol. The van der Waals surface area contributed by atoms with Crippen LogP contribution in [0.5, 0.6) is 0 Å². The van der Waals surface area contributed by atoms with Crippen LogP contribution in [-0.4, -0.2) is 34.8 Å². The fraction of sp³-hybridized carbons (Fsp3) is 0.333. The Bertz CT molecular complexity index is 682. The molecule has 2 aromatic rings. The quantitative estimate of drug-likeness (QED) is 0.771. The normalized spacial score (nSPS) is 11.7. The molecule has 0 atom stereocenters. The summed E-state index contributed by atoms with van der Waals surface area (Å²) in [6.07, 6.45) is 2.02. The minimum atomic E-state index is -3.58. The Morgan fingerprint density at radius 3 is 2.85 bits per heavy atom. The number of rotatable bonds is 6. The number of sulfonamides is 1. The molecule has 1 aromatic carbocycles. The van der Waals surface area contributed by atoms with Gasteiger partial charge in [0.05, 0.1) is 11.5 Å². The number of aliphatic hydroxyl groups excluding tert-OH is 1. The molecule has 7 nitrogen and oxygen atoms in total. The maximum absolute atomic E-state index is 12.1. The van der Waals surface area contributed by atoms with E-state index >= 15 is 0 Å². The molecule has 0 aliphatic rings. The highest BCUT2D eigenvalue weighted by atomic mass is 32.2. The molecule has 2 N–H and O–H groups in total. The summed E-state index contributed by atoms with van der Waals surface area (Å²) in [6.45, 7) is 0.0422. The number of nitrogens with one attached hydrogen (secondary N) is 1. The van der Waals surface area contributed by atoms with Gasteiger partial charge in [-0.15, -0.1) is 10.2 Å². The molecule has 20 heavy (non-hydrogen) atoms. The van der Waals surface area contributed by atoms with Gasteiger partial charge in [-0.1, -0.05) is 12.1 Å². The van der Waals surface area contributed by atoms with E-state index in [1.807, 2.05) is 0 Å². The van der Waals surface area contributed by atoms with E-state index in [1.165, 1.54) is 12.1 Å². The van der Waals surface area contributed by atoms with Crippen LogP contribution < -0.4 is 4.72 Å². The summed E-state index contributed by atoms with van der Waals surface area (Å²) in [6, 6.07) is 6.20. The first kappa shape index (κ1) is 14.6. The van der Waals surface area contributed by atoms with Crippen molar-refractivity contribution in [2.24, 2.45) is 7.05 Å². The van der Waals surface area contributed by atoms with Crippen LogP contribution in [0.3, 0.4) is 0 Å². The van der Waals surface area contributed by atoms with Gasteiger partial charge in [0.1, 0.15) is 12.2 Å². The second-order valence-electron chi connectivity index (χ2n) is 4.31. The summed E-state index contributed by atoms with van der Waals surface area (Å²) in [5.74, 6) is 0.705. The topological polar surface area (TPSA) is 97.1 Å². The molecule has 0 fully saturated rings. The molecule has 8 heteroatoms. The van der Waals surface area contributed by atoms with Crippen LogP contribution in [0.2, 0.25) is 0 Å². The number of nitrogens with zero attached hydrogens (tertiary/aromatic N) is 3. The summed E-state index contributed by atoms with van der Waals surface area (Å²) < 4.78 is 28.4. The molecule has 0 unspecified atom stereocenters. The highest BCUT2D eigenvalue weighted by Gasteiger charge is 2.14. The van der Waals surface area contributed by atoms with Gasteiger partial charge in [-0.25, -0.2) is 13.1 Å². The van der Waals surface area contributed by atoms with E-state index in [1.54, 1.807) is 30.1 Å². The first-order valence-corrected chi connectivity index (χ1v) is 7.53. The lowest BCUT2D eigenvalue weighted by atomic mass is 10.2. The second kappa shape index (κ2) is 6.12. The summed E-state index contributed by atoms with van der Waals surface area (Å²) in [5.41, 5.74) is 0.557. The Morgan fingerprint density at radius 1 is 1.40 bits per heavy atom. The van der Waals surface area contributed by atoms with Crippen molar-refractivity contribution in [3.8, 4) is 0 Å². The minimum absolute atomic E-state index is 0.141. The molecular weight excluding hydrogens is 280 g/mol. The van der Waals surface area contributed by atoms with Crippen molar-refractivity contribution < 1.29 is 13.5 Å². The second-order valence-corrected chi connectivity index (χ2v) is 6.08. The van der Waals surface area contributed by atoms with E-state index < -0.39 is 10.0 Å². The lowest BCUT2D eigenvalue weighted by Crippen LogP contribution is -2.26. The number of aromatic nitrogens is 3. The van der Waals surface area contributed by atoms with Crippen LogP contribution in [0.4, 0.5) is 0 Å². The Kier molecular flexibility index (Phi) is 4.48. The Labute approximate surface area is 117 Å². The molecule has 108 valence electrons. The van der Waals surface area contributed by atoms with Crippen molar-refractivity contribution in [3.63, 3.8) is 0 Å². The molecule has 0 amide bonds. The molecule has 0 saturated heterocycles. The number of aliphatic hydroxyl groups is 1. The Balaban J connectivity index is 2.02. The van der Waals surface area contributed by atoms with Gasteiger partial charge < -0.3 is 9.67 Å². The molecular formula is C12H16N4O3S. The van der Waals surface area contributed by atoms with Crippen molar-refractivity contribution >= 4 is 10.0 Å². The van der Waals surface area contributed by atoms with E-state index in [-0.39, 0.29) is 18.0 Å². The summed E-state index contributed by atoms with van der Waals surface area (Å²) >= 11 is 0. The van der Waals surface area contributed by atoms with Crippen molar-refractivity contribution in [2.45, 2.75) is 17.9 Å². The van der Waals surface area contributed by atoms with E-state index in [0.717, 1.165) is 0 Å². The molecule has 1 heterocycles. The summed E-state index contributed by atoms with van der Waals surface area (Å²) in [7, 11) is -1.78. The van der Waals surface area contributed by atoms with E-state index in [0.29, 0.717) is 17.8 Å². The molecule has 2 rings (SSSR count). The molecule has 0 bridgehead atoms. The molecule has 0 aliphatic carbocycles. The lowest BCUT2D eigenvalue weighted by Gasteiger charge is -2.07. The van der Waals surface area contributed by atoms with Gasteiger partial charge in [0.25, 0.3) is 0 Å². The van der Waals surface area contributed by atoms with Crippen molar-refractivity contribution in [3.05, 3.63) is 42.0 Å². The van der Waals surface area contributed by atoms with Crippen LogP contribution in [0.25, 0.3) is 0 Å². The zero-order valence-corrected chi connectivity index (χ0v) is 11.8. The monoisotopic (exact) mass is 296 g/mol. The average Bonchev–Trinajstić information content (AvgIpc) is 2.84. The molecule has 0 saturated carbocycles. The van der Waals surface area contributed by atoms with E-state index in [2.05, 4.69) is 14.9 Å². The first-order valence-electron chi connectivity index (χ1n) is 6.05. The molecule has 0 radical (unpaired) electrons. The number of benzene rings is 1. The van der Waals surface area contributed by atoms with Gasteiger partial charge in [-0.3, -0.25) is 0 Å². The zero-order chi connectivity index (χ0) is 14.6. The highest BCUT2D eigenvalue weighted by Crippen LogP contribution is 2.11. The van der Waals surface area contributed by atoms with Crippen molar-refractivity contribution in [1.82, 2.24) is 19.5 Å². The highest BCUT2D eigenvalue weighted by molar-refractivity contribution is 7.89. The first-order chi connectivity index (χ1) is 9.53. The van der Waals surface area contributed by atoms with Crippen LogP contribution in [0, 0.1) is 0 Å². The smallest absolute Gasteiger partial charge is 0.240 e. The molecule has 0 spiro atoms. The fourth-order valence-electron chi connectivity index (χ4n) is 1.72. The largest absolute Gasteiger partial charge is 0.392 e. The molecule has 0 aliphatic heterocycles. The van der Waals surface area contributed by atoms with Crippen LogP contribution in [0.15, 0.2) is 35.5 Å². The maximum Gasteiger partial charge on any atom is 0.240 e. The third-order valence-corrected chi connectivity index (χ3v) is 4.30. The third-order valence-electron chi connectivity index (χ3n) is 2.84.